The van der Waals surface area contributed by atoms with E-state index in [1.807, 2.05) is 19.1 Å². The molecule has 1 atom stereocenters. The zero-order valence-corrected chi connectivity index (χ0v) is 15.5. The van der Waals surface area contributed by atoms with Gasteiger partial charge in [0.1, 0.15) is 5.75 Å². The number of halogens is 2. The van der Waals surface area contributed by atoms with Gasteiger partial charge in [-0.05, 0) is 55.9 Å². The first kappa shape index (κ1) is 21.0. The summed E-state index contributed by atoms with van der Waals surface area (Å²) >= 11 is 5.91. The maximum absolute atomic E-state index is 12.0. The van der Waals surface area contributed by atoms with Crippen LogP contribution in [0.4, 0.5) is 0 Å². The fraction of sp³-hybridized carbons (Fsp3) is 0.588. The third kappa shape index (κ3) is 6.48. The van der Waals surface area contributed by atoms with Crippen LogP contribution >= 0.6 is 24.0 Å². The molecule has 1 aromatic carbocycles. The summed E-state index contributed by atoms with van der Waals surface area (Å²) in [5.74, 6) is 0.955. The number of nitrogens with two attached hydrogens (primary N) is 1. The van der Waals surface area contributed by atoms with Crippen LogP contribution in [0.1, 0.15) is 24.8 Å². The van der Waals surface area contributed by atoms with Gasteiger partial charge in [-0.2, -0.15) is 0 Å². The van der Waals surface area contributed by atoms with Crippen LogP contribution in [-0.4, -0.2) is 38.3 Å². The average molecular weight is 377 g/mol. The molecule has 1 fully saturated rings. The SMILES string of the molecule is Cc1cc(Cl)ccc1OCCCNC(=O)C(N)C1CCOCC1.Cl. The molecular formula is C17H26Cl2N2O3. The van der Waals surface area contributed by atoms with Gasteiger partial charge in [0.25, 0.3) is 0 Å². The highest BCUT2D eigenvalue weighted by Crippen LogP contribution is 2.21. The molecule has 0 bridgehead atoms. The number of carbonyl (C=O) groups excluding carboxylic acids is 1. The Morgan fingerprint density at radius 3 is 2.83 bits per heavy atom. The Bertz CT molecular complexity index is 523. The lowest BCUT2D eigenvalue weighted by Crippen LogP contribution is -2.47. The average Bonchev–Trinajstić information content (AvgIpc) is 2.56. The molecule has 2 rings (SSSR count). The Labute approximate surface area is 154 Å². The zero-order chi connectivity index (χ0) is 16.7. The number of benzene rings is 1. The minimum atomic E-state index is -0.446. The van der Waals surface area contributed by atoms with E-state index in [-0.39, 0.29) is 24.2 Å². The van der Waals surface area contributed by atoms with Crippen LogP contribution in [0.2, 0.25) is 5.02 Å². The van der Waals surface area contributed by atoms with Crippen LogP contribution in [0.25, 0.3) is 0 Å². The summed E-state index contributed by atoms with van der Waals surface area (Å²) in [5.41, 5.74) is 7.02. The van der Waals surface area contributed by atoms with E-state index in [1.54, 1.807) is 6.07 Å². The molecule has 0 aromatic heterocycles. The predicted octanol–water partition coefficient (Wildman–Crippen LogP) is 2.71. The molecule has 1 unspecified atom stereocenters. The molecule has 5 nitrogen and oxygen atoms in total. The van der Waals surface area contributed by atoms with E-state index in [0.717, 1.165) is 30.6 Å². The third-order valence-electron chi connectivity index (χ3n) is 4.09. The molecule has 7 heteroatoms. The standard InChI is InChI=1S/C17H25ClN2O3.ClH/c1-12-11-14(18)3-4-15(12)23-8-2-7-20-17(21)16(19)13-5-9-22-10-6-13;/h3-4,11,13,16H,2,5-10,19H2,1H3,(H,20,21);1H. The first-order chi connectivity index (χ1) is 11.1. The van der Waals surface area contributed by atoms with Gasteiger partial charge in [0.15, 0.2) is 0 Å². The summed E-state index contributed by atoms with van der Waals surface area (Å²) in [6, 6.07) is 5.08. The van der Waals surface area contributed by atoms with Gasteiger partial charge in [0.05, 0.1) is 12.6 Å². The van der Waals surface area contributed by atoms with Crippen molar-refractivity contribution in [1.82, 2.24) is 5.32 Å². The monoisotopic (exact) mass is 376 g/mol. The molecule has 0 spiro atoms. The Balaban J connectivity index is 0.00000288. The molecule has 1 aliphatic rings. The molecule has 1 saturated heterocycles. The largest absolute Gasteiger partial charge is 0.493 e. The zero-order valence-electron chi connectivity index (χ0n) is 13.9. The van der Waals surface area contributed by atoms with E-state index in [0.29, 0.717) is 31.4 Å². The number of hydrogen-bond acceptors (Lipinski definition) is 4. The van der Waals surface area contributed by atoms with Gasteiger partial charge in [-0.1, -0.05) is 11.6 Å². The number of carbonyl (C=O) groups is 1. The summed E-state index contributed by atoms with van der Waals surface area (Å²) < 4.78 is 11.0. The maximum atomic E-state index is 12.0. The molecule has 0 saturated carbocycles. The Morgan fingerprint density at radius 1 is 1.46 bits per heavy atom. The minimum absolute atomic E-state index is 0. The molecule has 136 valence electrons. The quantitative estimate of drug-likeness (QED) is 0.717. The smallest absolute Gasteiger partial charge is 0.237 e. The molecule has 1 amide bonds. The number of amides is 1. The van der Waals surface area contributed by atoms with Crippen LogP contribution in [0, 0.1) is 12.8 Å². The highest BCUT2D eigenvalue weighted by molar-refractivity contribution is 6.30. The van der Waals surface area contributed by atoms with Gasteiger partial charge in [-0.3, -0.25) is 4.79 Å². The van der Waals surface area contributed by atoms with E-state index in [9.17, 15) is 4.79 Å². The fourth-order valence-electron chi connectivity index (χ4n) is 2.65. The van der Waals surface area contributed by atoms with Crippen LogP contribution < -0.4 is 15.8 Å². The lowest BCUT2D eigenvalue weighted by Gasteiger charge is -2.26. The van der Waals surface area contributed by atoms with E-state index in [1.165, 1.54) is 0 Å². The lowest BCUT2D eigenvalue weighted by atomic mass is 9.92. The van der Waals surface area contributed by atoms with Crippen molar-refractivity contribution < 1.29 is 14.3 Å². The lowest BCUT2D eigenvalue weighted by molar-refractivity contribution is -0.124. The summed E-state index contributed by atoms with van der Waals surface area (Å²) in [7, 11) is 0. The maximum Gasteiger partial charge on any atom is 0.237 e. The van der Waals surface area contributed by atoms with Crippen molar-refractivity contribution in [2.75, 3.05) is 26.4 Å². The normalized spacial score (nSPS) is 16.1. The van der Waals surface area contributed by atoms with Gasteiger partial charge in [-0.15, -0.1) is 12.4 Å². The summed E-state index contributed by atoms with van der Waals surface area (Å²) in [6.07, 6.45) is 2.44. The fourth-order valence-corrected chi connectivity index (χ4v) is 2.87. The number of rotatable bonds is 7. The summed E-state index contributed by atoms with van der Waals surface area (Å²) in [6.45, 7) is 4.44. The van der Waals surface area contributed by atoms with E-state index >= 15 is 0 Å². The highest BCUT2D eigenvalue weighted by atomic mass is 35.5. The van der Waals surface area contributed by atoms with Crippen molar-refractivity contribution in [2.24, 2.45) is 11.7 Å². The Kier molecular flexibility index (Phi) is 9.44. The van der Waals surface area contributed by atoms with Crippen molar-refractivity contribution in [3.05, 3.63) is 28.8 Å². The molecule has 24 heavy (non-hydrogen) atoms. The first-order valence-corrected chi connectivity index (χ1v) is 8.45. The summed E-state index contributed by atoms with van der Waals surface area (Å²) in [4.78, 5) is 12.0. The Hall–Kier alpha value is -1.01. The summed E-state index contributed by atoms with van der Waals surface area (Å²) in [5, 5.41) is 3.58. The molecule has 0 aliphatic carbocycles. The predicted molar refractivity (Wildman–Crippen MR) is 98.1 cm³/mol. The second-order valence-electron chi connectivity index (χ2n) is 5.88. The third-order valence-corrected chi connectivity index (χ3v) is 4.33. The second kappa shape index (κ2) is 10.8. The van der Waals surface area contributed by atoms with Crippen LogP contribution in [0.5, 0.6) is 5.75 Å². The van der Waals surface area contributed by atoms with Crippen molar-refractivity contribution in [1.29, 1.82) is 0 Å². The number of nitrogens with one attached hydrogen (secondary N) is 1. The van der Waals surface area contributed by atoms with Crippen molar-refractivity contribution in [3.8, 4) is 5.75 Å². The van der Waals surface area contributed by atoms with E-state index < -0.39 is 6.04 Å². The number of hydrogen-bond donors (Lipinski definition) is 2. The Morgan fingerprint density at radius 2 is 2.17 bits per heavy atom. The van der Waals surface area contributed by atoms with Gasteiger partial charge >= 0.3 is 0 Å². The first-order valence-electron chi connectivity index (χ1n) is 8.08. The molecule has 0 radical (unpaired) electrons. The molecule has 3 N–H and O–H groups in total. The van der Waals surface area contributed by atoms with Crippen LogP contribution in [0.3, 0.4) is 0 Å². The van der Waals surface area contributed by atoms with Crippen LogP contribution in [-0.2, 0) is 9.53 Å². The van der Waals surface area contributed by atoms with Crippen molar-refractivity contribution >= 4 is 29.9 Å². The van der Waals surface area contributed by atoms with E-state index in [2.05, 4.69) is 5.32 Å². The van der Waals surface area contributed by atoms with Gasteiger partial charge < -0.3 is 20.5 Å². The van der Waals surface area contributed by atoms with Crippen molar-refractivity contribution in [3.63, 3.8) is 0 Å². The van der Waals surface area contributed by atoms with Crippen molar-refractivity contribution in [2.45, 2.75) is 32.2 Å². The van der Waals surface area contributed by atoms with Gasteiger partial charge in [-0.25, -0.2) is 0 Å². The number of ether oxygens (including phenoxy) is 2. The second-order valence-corrected chi connectivity index (χ2v) is 6.31. The molecular weight excluding hydrogens is 351 g/mol. The van der Waals surface area contributed by atoms with Crippen LogP contribution in [0.15, 0.2) is 18.2 Å². The molecule has 1 aliphatic heterocycles. The topological polar surface area (TPSA) is 73.6 Å². The molecule has 1 aromatic rings. The molecule has 1 heterocycles. The highest BCUT2D eigenvalue weighted by Gasteiger charge is 2.26. The number of aryl methyl sites for hydroxylation is 1. The van der Waals surface area contributed by atoms with Gasteiger partial charge in [0, 0.05) is 24.8 Å². The minimum Gasteiger partial charge on any atom is -0.493 e. The van der Waals surface area contributed by atoms with Gasteiger partial charge in [0.2, 0.25) is 5.91 Å². The van der Waals surface area contributed by atoms with E-state index in [4.69, 9.17) is 26.8 Å².